The molecule has 0 heterocycles. The molecule has 126 valence electrons. The van der Waals surface area contributed by atoms with Crippen molar-refractivity contribution in [2.24, 2.45) is 17.8 Å². The van der Waals surface area contributed by atoms with Gasteiger partial charge in [0.2, 0.25) is 0 Å². The molecule has 3 rings (SSSR count). The SMILES string of the molecule is CCC1CCC(C2CC=C(c3ccc(C(F)F)cc3)CC2)CC1. The summed E-state index contributed by atoms with van der Waals surface area (Å²) in [5, 5.41) is 0. The zero-order valence-electron chi connectivity index (χ0n) is 14.1. The molecule has 2 heteroatoms. The van der Waals surface area contributed by atoms with Crippen molar-refractivity contribution in [3.8, 4) is 0 Å². The van der Waals surface area contributed by atoms with Crippen LogP contribution in [0.25, 0.3) is 5.57 Å². The Morgan fingerprint density at radius 2 is 1.65 bits per heavy atom. The standard InChI is InChI=1S/C21H28F2/c1-2-15-3-5-16(6-4-15)17-7-9-18(10-8-17)19-11-13-20(14-12-19)21(22)23/h9,11-17,21H,2-8,10H2,1H3. The quantitative estimate of drug-likeness (QED) is 0.559. The minimum atomic E-state index is -2.37. The Hall–Kier alpha value is -1.18. The van der Waals surface area contributed by atoms with Crippen molar-refractivity contribution in [2.45, 2.75) is 64.7 Å². The lowest BCUT2D eigenvalue weighted by Crippen LogP contribution is -2.22. The van der Waals surface area contributed by atoms with Gasteiger partial charge in [0.25, 0.3) is 6.43 Å². The largest absolute Gasteiger partial charge is 0.263 e. The lowest BCUT2D eigenvalue weighted by Gasteiger charge is -2.35. The maximum atomic E-state index is 12.6. The molecule has 0 aliphatic heterocycles. The van der Waals surface area contributed by atoms with Gasteiger partial charge in [-0.15, -0.1) is 0 Å². The monoisotopic (exact) mass is 318 g/mol. The second-order valence-electron chi connectivity index (χ2n) is 7.38. The van der Waals surface area contributed by atoms with Gasteiger partial charge in [-0.25, -0.2) is 8.78 Å². The Balaban J connectivity index is 1.58. The molecule has 0 aromatic heterocycles. The summed E-state index contributed by atoms with van der Waals surface area (Å²) in [6, 6.07) is 6.86. The molecule has 1 aromatic rings. The molecule has 0 radical (unpaired) electrons. The Kier molecular flexibility index (Phi) is 5.50. The lowest BCUT2D eigenvalue weighted by atomic mass is 9.70. The predicted molar refractivity (Wildman–Crippen MR) is 92.5 cm³/mol. The Bertz CT molecular complexity index is 521. The highest BCUT2D eigenvalue weighted by Crippen LogP contribution is 2.41. The molecule has 0 N–H and O–H groups in total. The lowest BCUT2D eigenvalue weighted by molar-refractivity contribution is 0.151. The first kappa shape index (κ1) is 16.7. The van der Waals surface area contributed by atoms with Crippen LogP contribution in [-0.2, 0) is 0 Å². The van der Waals surface area contributed by atoms with Gasteiger partial charge in [-0.2, -0.15) is 0 Å². The predicted octanol–water partition coefficient (Wildman–Crippen LogP) is 7.02. The smallest absolute Gasteiger partial charge is 0.205 e. The topological polar surface area (TPSA) is 0 Å². The highest BCUT2D eigenvalue weighted by Gasteiger charge is 2.28. The minimum Gasteiger partial charge on any atom is -0.205 e. The van der Waals surface area contributed by atoms with E-state index in [1.54, 1.807) is 12.1 Å². The van der Waals surface area contributed by atoms with E-state index in [0.717, 1.165) is 29.7 Å². The van der Waals surface area contributed by atoms with Crippen LogP contribution < -0.4 is 0 Å². The Morgan fingerprint density at radius 3 is 2.17 bits per heavy atom. The first-order valence-electron chi connectivity index (χ1n) is 9.25. The van der Waals surface area contributed by atoms with Gasteiger partial charge in [0.05, 0.1) is 0 Å². The second-order valence-corrected chi connectivity index (χ2v) is 7.38. The van der Waals surface area contributed by atoms with Crippen molar-refractivity contribution in [2.75, 3.05) is 0 Å². The molecule has 1 atom stereocenters. The van der Waals surface area contributed by atoms with E-state index in [2.05, 4.69) is 13.0 Å². The van der Waals surface area contributed by atoms with Crippen LogP contribution in [0.2, 0.25) is 0 Å². The number of alkyl halides is 2. The summed E-state index contributed by atoms with van der Waals surface area (Å²) >= 11 is 0. The van der Waals surface area contributed by atoms with Crippen LogP contribution in [0.3, 0.4) is 0 Å². The van der Waals surface area contributed by atoms with E-state index in [-0.39, 0.29) is 5.56 Å². The molecular weight excluding hydrogens is 290 g/mol. The molecule has 2 aliphatic rings. The van der Waals surface area contributed by atoms with Gasteiger partial charge in [-0.3, -0.25) is 0 Å². The number of allylic oxidation sites excluding steroid dienone is 2. The van der Waals surface area contributed by atoms with E-state index < -0.39 is 6.43 Å². The first-order valence-corrected chi connectivity index (χ1v) is 9.25. The average Bonchev–Trinajstić information content (AvgIpc) is 2.62. The van der Waals surface area contributed by atoms with Gasteiger partial charge >= 0.3 is 0 Å². The Morgan fingerprint density at radius 1 is 0.957 bits per heavy atom. The third-order valence-corrected chi connectivity index (χ3v) is 6.12. The minimum absolute atomic E-state index is 0.121. The van der Waals surface area contributed by atoms with Crippen molar-refractivity contribution in [3.05, 3.63) is 41.5 Å². The summed E-state index contributed by atoms with van der Waals surface area (Å²) < 4.78 is 25.3. The zero-order valence-corrected chi connectivity index (χ0v) is 14.1. The van der Waals surface area contributed by atoms with Gasteiger partial charge in [-0.05, 0) is 61.0 Å². The highest BCUT2D eigenvalue weighted by molar-refractivity contribution is 5.66. The third kappa shape index (κ3) is 4.02. The molecule has 1 aromatic carbocycles. The molecule has 1 fully saturated rings. The van der Waals surface area contributed by atoms with Crippen LogP contribution in [-0.4, -0.2) is 0 Å². The molecule has 0 nitrogen and oxygen atoms in total. The number of benzene rings is 1. The summed E-state index contributed by atoms with van der Waals surface area (Å²) in [6.45, 7) is 2.32. The van der Waals surface area contributed by atoms with Crippen molar-refractivity contribution < 1.29 is 8.78 Å². The average molecular weight is 318 g/mol. The van der Waals surface area contributed by atoms with Crippen LogP contribution in [0.4, 0.5) is 8.78 Å². The fourth-order valence-electron chi connectivity index (χ4n) is 4.46. The molecular formula is C21H28F2. The van der Waals surface area contributed by atoms with Gasteiger partial charge in [-0.1, -0.05) is 56.5 Å². The summed E-state index contributed by atoms with van der Waals surface area (Å²) in [4.78, 5) is 0. The molecule has 23 heavy (non-hydrogen) atoms. The van der Waals surface area contributed by atoms with E-state index in [4.69, 9.17) is 0 Å². The van der Waals surface area contributed by atoms with Crippen LogP contribution >= 0.6 is 0 Å². The highest BCUT2D eigenvalue weighted by atomic mass is 19.3. The van der Waals surface area contributed by atoms with Crippen molar-refractivity contribution in [3.63, 3.8) is 0 Å². The molecule has 1 unspecified atom stereocenters. The maximum Gasteiger partial charge on any atom is 0.263 e. The number of rotatable bonds is 4. The summed E-state index contributed by atoms with van der Waals surface area (Å²) in [6.07, 6.45) is 10.6. The molecule has 0 spiro atoms. The molecule has 0 amide bonds. The van der Waals surface area contributed by atoms with E-state index in [0.29, 0.717) is 0 Å². The van der Waals surface area contributed by atoms with Gasteiger partial charge < -0.3 is 0 Å². The van der Waals surface area contributed by atoms with Crippen LogP contribution in [0.15, 0.2) is 30.3 Å². The molecule has 0 bridgehead atoms. The van der Waals surface area contributed by atoms with Crippen LogP contribution in [0, 0.1) is 17.8 Å². The van der Waals surface area contributed by atoms with Crippen LogP contribution in [0.1, 0.15) is 75.8 Å². The maximum absolute atomic E-state index is 12.6. The van der Waals surface area contributed by atoms with Crippen molar-refractivity contribution in [1.82, 2.24) is 0 Å². The summed E-state index contributed by atoms with van der Waals surface area (Å²) in [5.41, 5.74) is 2.60. The third-order valence-electron chi connectivity index (χ3n) is 6.12. The van der Waals surface area contributed by atoms with Gasteiger partial charge in [0.15, 0.2) is 0 Å². The van der Waals surface area contributed by atoms with E-state index in [9.17, 15) is 8.78 Å². The summed E-state index contributed by atoms with van der Waals surface area (Å²) in [5.74, 6) is 2.72. The van der Waals surface area contributed by atoms with E-state index in [1.807, 2.05) is 12.1 Å². The van der Waals surface area contributed by atoms with E-state index in [1.165, 1.54) is 50.5 Å². The van der Waals surface area contributed by atoms with E-state index >= 15 is 0 Å². The van der Waals surface area contributed by atoms with Crippen molar-refractivity contribution >= 4 is 5.57 Å². The van der Waals surface area contributed by atoms with Crippen LogP contribution in [0.5, 0.6) is 0 Å². The first-order chi connectivity index (χ1) is 11.2. The fraction of sp³-hybridized carbons (Fsp3) is 0.619. The van der Waals surface area contributed by atoms with Crippen molar-refractivity contribution in [1.29, 1.82) is 0 Å². The zero-order chi connectivity index (χ0) is 16.2. The molecule has 1 saturated carbocycles. The molecule has 2 aliphatic carbocycles. The molecule has 0 saturated heterocycles. The number of hydrogen-bond donors (Lipinski definition) is 0. The second kappa shape index (κ2) is 7.59. The fourth-order valence-corrected chi connectivity index (χ4v) is 4.46. The number of halogens is 2. The number of hydrogen-bond acceptors (Lipinski definition) is 0. The summed E-state index contributed by atoms with van der Waals surface area (Å²) in [7, 11) is 0. The normalized spacial score (nSPS) is 28.7. The van der Waals surface area contributed by atoms with Gasteiger partial charge in [0.1, 0.15) is 0 Å². The van der Waals surface area contributed by atoms with Gasteiger partial charge in [0, 0.05) is 5.56 Å². The Labute approximate surface area is 139 Å².